The van der Waals surface area contributed by atoms with Gasteiger partial charge in [0.15, 0.2) is 0 Å². The lowest BCUT2D eigenvalue weighted by atomic mass is 10.0. The molecule has 0 aliphatic heterocycles. The average Bonchev–Trinajstić information content (AvgIpc) is 2.71. The summed E-state index contributed by atoms with van der Waals surface area (Å²) in [6, 6.07) is 19.0. The molecule has 0 bridgehead atoms. The minimum absolute atomic E-state index is 0.0896. The van der Waals surface area contributed by atoms with E-state index in [0.29, 0.717) is 23.5 Å². The largest absolute Gasteiger partial charge is 0.489 e. The number of rotatable bonds is 8. The summed E-state index contributed by atoms with van der Waals surface area (Å²) in [6.45, 7) is 4.54. The first-order valence-corrected chi connectivity index (χ1v) is 10.4. The van der Waals surface area contributed by atoms with E-state index >= 15 is 0 Å². The van der Waals surface area contributed by atoms with E-state index in [1.165, 1.54) is 0 Å². The molecule has 5 nitrogen and oxygen atoms in total. The van der Waals surface area contributed by atoms with Crippen LogP contribution in [0.1, 0.15) is 24.2 Å². The zero-order valence-electron chi connectivity index (χ0n) is 16.5. The Kier molecular flexibility index (Phi) is 7.25. The maximum Gasteiger partial charge on any atom is 0.259 e. The van der Waals surface area contributed by atoms with Gasteiger partial charge in [-0.25, -0.2) is 0 Å². The van der Waals surface area contributed by atoms with Crippen LogP contribution in [0.5, 0.6) is 5.75 Å². The van der Waals surface area contributed by atoms with Gasteiger partial charge in [0.25, 0.3) is 5.91 Å². The van der Waals surface area contributed by atoms with Gasteiger partial charge in [-0.2, -0.15) is 0 Å². The highest BCUT2D eigenvalue weighted by Gasteiger charge is 2.17. The minimum atomic E-state index is -0.682. The van der Waals surface area contributed by atoms with Gasteiger partial charge in [0, 0.05) is 28.1 Å². The van der Waals surface area contributed by atoms with E-state index in [1.807, 2.05) is 68.4 Å². The second-order valence-electron chi connectivity index (χ2n) is 7.15. The number of anilines is 1. The maximum atomic E-state index is 12.9. The summed E-state index contributed by atoms with van der Waals surface area (Å²) in [6.07, 6.45) is -0.682. The van der Waals surface area contributed by atoms with Crippen molar-refractivity contribution in [1.29, 1.82) is 0 Å². The second kappa shape index (κ2) is 9.87. The highest BCUT2D eigenvalue weighted by Crippen LogP contribution is 2.31. The summed E-state index contributed by atoms with van der Waals surface area (Å²) >= 11 is 3.39. The summed E-state index contributed by atoms with van der Waals surface area (Å²) in [5.41, 5.74) is 1.12. The fourth-order valence-electron chi connectivity index (χ4n) is 2.92. The van der Waals surface area contributed by atoms with Gasteiger partial charge in [0.05, 0.1) is 5.56 Å². The fraction of sp³-hybridized carbons (Fsp3) is 0.261. The van der Waals surface area contributed by atoms with Gasteiger partial charge in [-0.1, -0.05) is 60.1 Å². The van der Waals surface area contributed by atoms with Crippen LogP contribution in [-0.2, 0) is 0 Å². The number of aliphatic hydroxyl groups excluding tert-OH is 1. The van der Waals surface area contributed by atoms with Crippen LogP contribution in [0.2, 0.25) is 0 Å². The number of ether oxygens (including phenoxy) is 1. The number of amides is 1. The summed E-state index contributed by atoms with van der Waals surface area (Å²) in [5.74, 6) is 0.212. The molecule has 152 valence electrons. The third-order valence-electron chi connectivity index (χ3n) is 4.41. The Morgan fingerprint density at radius 3 is 2.52 bits per heavy atom. The number of aliphatic hydroxyl groups is 1. The molecular formula is C23H25BrN2O3. The van der Waals surface area contributed by atoms with E-state index in [2.05, 4.69) is 26.6 Å². The molecule has 0 aliphatic rings. The van der Waals surface area contributed by atoms with Crippen molar-refractivity contribution >= 4 is 38.3 Å². The number of benzene rings is 3. The van der Waals surface area contributed by atoms with Gasteiger partial charge in [0.2, 0.25) is 0 Å². The van der Waals surface area contributed by atoms with Crippen molar-refractivity contribution in [2.24, 2.45) is 0 Å². The Morgan fingerprint density at radius 1 is 1.07 bits per heavy atom. The summed E-state index contributed by atoms with van der Waals surface area (Å²) < 4.78 is 6.90. The molecule has 29 heavy (non-hydrogen) atoms. The molecule has 1 unspecified atom stereocenters. The number of halogens is 1. The SMILES string of the molecule is CC(C)NCC(O)COc1c(C(=O)Nc2ccc(Br)cc2)ccc2ccccc12. The van der Waals surface area contributed by atoms with E-state index in [4.69, 9.17) is 4.74 Å². The first kappa shape index (κ1) is 21.3. The predicted molar refractivity (Wildman–Crippen MR) is 121 cm³/mol. The molecule has 1 atom stereocenters. The number of hydrogen-bond donors (Lipinski definition) is 3. The third kappa shape index (κ3) is 5.79. The Morgan fingerprint density at radius 2 is 1.79 bits per heavy atom. The lowest BCUT2D eigenvalue weighted by Crippen LogP contribution is -2.35. The van der Waals surface area contributed by atoms with Crippen molar-refractivity contribution in [3.05, 3.63) is 70.7 Å². The fourth-order valence-corrected chi connectivity index (χ4v) is 3.18. The molecule has 0 radical (unpaired) electrons. The van der Waals surface area contributed by atoms with E-state index in [0.717, 1.165) is 15.2 Å². The summed E-state index contributed by atoms with van der Waals surface area (Å²) in [5, 5.41) is 18.1. The quantitative estimate of drug-likeness (QED) is 0.463. The Balaban J connectivity index is 1.85. The normalized spacial score (nSPS) is 12.2. The van der Waals surface area contributed by atoms with E-state index in [-0.39, 0.29) is 18.6 Å². The van der Waals surface area contributed by atoms with Crippen LogP contribution in [0.3, 0.4) is 0 Å². The molecule has 1 amide bonds. The van der Waals surface area contributed by atoms with Crippen molar-refractivity contribution < 1.29 is 14.6 Å². The first-order valence-electron chi connectivity index (χ1n) is 9.57. The molecule has 3 N–H and O–H groups in total. The Bertz CT molecular complexity index is 974. The van der Waals surface area contributed by atoms with E-state index < -0.39 is 6.10 Å². The van der Waals surface area contributed by atoms with Gasteiger partial charge in [-0.05, 0) is 35.7 Å². The molecule has 0 fully saturated rings. The molecule has 0 saturated heterocycles. The Hall–Kier alpha value is -2.41. The van der Waals surface area contributed by atoms with Gasteiger partial charge in [0.1, 0.15) is 18.5 Å². The van der Waals surface area contributed by atoms with Gasteiger partial charge in [-0.3, -0.25) is 4.79 Å². The monoisotopic (exact) mass is 456 g/mol. The molecule has 3 rings (SSSR count). The maximum absolute atomic E-state index is 12.9. The highest BCUT2D eigenvalue weighted by atomic mass is 79.9. The summed E-state index contributed by atoms with van der Waals surface area (Å²) in [7, 11) is 0. The molecular weight excluding hydrogens is 432 g/mol. The van der Waals surface area contributed by atoms with E-state index in [9.17, 15) is 9.90 Å². The second-order valence-corrected chi connectivity index (χ2v) is 8.07. The molecule has 6 heteroatoms. The number of fused-ring (bicyclic) bond motifs is 1. The number of carbonyl (C=O) groups excluding carboxylic acids is 1. The van der Waals surface area contributed by atoms with Crippen LogP contribution < -0.4 is 15.4 Å². The molecule has 3 aromatic rings. The van der Waals surface area contributed by atoms with Gasteiger partial charge in [-0.15, -0.1) is 0 Å². The smallest absolute Gasteiger partial charge is 0.259 e. The molecule has 0 heterocycles. The zero-order valence-corrected chi connectivity index (χ0v) is 18.1. The number of nitrogens with one attached hydrogen (secondary N) is 2. The zero-order chi connectivity index (χ0) is 20.8. The molecule has 0 saturated carbocycles. The molecule has 0 aromatic heterocycles. The molecule has 0 aliphatic carbocycles. The topological polar surface area (TPSA) is 70.6 Å². The number of carbonyl (C=O) groups is 1. The van der Waals surface area contributed by atoms with Crippen molar-refractivity contribution in [3.8, 4) is 5.75 Å². The lowest BCUT2D eigenvalue weighted by Gasteiger charge is -2.18. The minimum Gasteiger partial charge on any atom is -0.489 e. The predicted octanol–water partition coefficient (Wildman–Crippen LogP) is 4.59. The van der Waals surface area contributed by atoms with Crippen LogP contribution >= 0.6 is 15.9 Å². The van der Waals surface area contributed by atoms with E-state index in [1.54, 1.807) is 6.07 Å². The standard InChI is InChI=1S/C23H25BrN2O3/c1-15(2)25-13-19(27)14-29-22-20-6-4-3-5-16(20)7-12-21(22)23(28)26-18-10-8-17(24)9-11-18/h3-12,15,19,25,27H,13-14H2,1-2H3,(H,26,28). The Labute approximate surface area is 179 Å². The lowest BCUT2D eigenvalue weighted by molar-refractivity contribution is 0.0978. The van der Waals surface area contributed by atoms with Crippen LogP contribution in [0.25, 0.3) is 10.8 Å². The summed E-state index contributed by atoms with van der Waals surface area (Å²) in [4.78, 5) is 12.9. The first-order chi connectivity index (χ1) is 13.9. The number of hydrogen-bond acceptors (Lipinski definition) is 4. The van der Waals surface area contributed by atoms with Crippen LogP contribution in [0.4, 0.5) is 5.69 Å². The van der Waals surface area contributed by atoms with Crippen molar-refractivity contribution in [2.75, 3.05) is 18.5 Å². The van der Waals surface area contributed by atoms with Gasteiger partial charge < -0.3 is 20.5 Å². The molecule has 3 aromatic carbocycles. The highest BCUT2D eigenvalue weighted by molar-refractivity contribution is 9.10. The van der Waals surface area contributed by atoms with Crippen LogP contribution in [0, 0.1) is 0 Å². The van der Waals surface area contributed by atoms with Gasteiger partial charge >= 0.3 is 0 Å². The third-order valence-corrected chi connectivity index (χ3v) is 4.94. The van der Waals surface area contributed by atoms with Crippen molar-refractivity contribution in [2.45, 2.75) is 26.0 Å². The van der Waals surface area contributed by atoms with Crippen LogP contribution in [-0.4, -0.2) is 36.3 Å². The van der Waals surface area contributed by atoms with Crippen LogP contribution in [0.15, 0.2) is 65.1 Å². The molecule has 0 spiro atoms. The average molecular weight is 457 g/mol. The van der Waals surface area contributed by atoms with Crippen molar-refractivity contribution in [3.63, 3.8) is 0 Å². The van der Waals surface area contributed by atoms with Crippen molar-refractivity contribution in [1.82, 2.24) is 5.32 Å².